The number of carbonyl (C=O) groups is 2. The highest BCUT2D eigenvalue weighted by Gasteiger charge is 2.27. The van der Waals surface area contributed by atoms with Gasteiger partial charge in [-0.3, -0.25) is 9.59 Å². The first-order valence-electron chi connectivity index (χ1n) is 8.49. The van der Waals surface area contributed by atoms with Crippen molar-refractivity contribution in [2.45, 2.75) is 4.21 Å². The van der Waals surface area contributed by atoms with Gasteiger partial charge in [0, 0.05) is 15.8 Å². The number of sulfonamides is 1. The number of thiophene rings is 1. The molecule has 0 saturated carbocycles. The van der Waals surface area contributed by atoms with E-state index in [0.717, 1.165) is 23.1 Å². The van der Waals surface area contributed by atoms with Crippen LogP contribution in [-0.4, -0.2) is 36.7 Å². The van der Waals surface area contributed by atoms with Gasteiger partial charge in [0.1, 0.15) is 10.0 Å². The van der Waals surface area contributed by atoms with Crippen LogP contribution in [-0.2, 0) is 14.8 Å². The standard InChI is InChI=1S/C20H12FNO5S3/c21-12-6-5-11-7-19(29-16(11)8-12)30(26,27)22-15-9-17(28-10-18(23)24)20(25)14-4-2-1-3-13(14)15/h1-9H,10H2,(H,23,24). The number of carbonyl (C=O) groups excluding carboxylic acids is 1. The molecule has 0 unspecified atom stereocenters. The Kier molecular flexibility index (Phi) is 5.31. The molecule has 0 saturated heterocycles. The van der Waals surface area contributed by atoms with Crippen molar-refractivity contribution < 1.29 is 27.5 Å². The first kappa shape index (κ1) is 20.5. The molecular formula is C20H12FNO5S3. The smallest absolute Gasteiger partial charge is 0.313 e. The monoisotopic (exact) mass is 461 g/mol. The van der Waals surface area contributed by atoms with Gasteiger partial charge in [0.05, 0.1) is 16.4 Å². The van der Waals surface area contributed by atoms with Crippen LogP contribution in [0.25, 0.3) is 10.1 Å². The first-order chi connectivity index (χ1) is 14.2. The van der Waals surface area contributed by atoms with Crippen LogP contribution in [0.5, 0.6) is 0 Å². The Labute approximate surface area is 178 Å². The summed E-state index contributed by atoms with van der Waals surface area (Å²) in [6.07, 6.45) is 1.29. The first-order valence-corrected chi connectivity index (χ1v) is 11.7. The minimum absolute atomic E-state index is 0.0433. The number of thioether (sulfide) groups is 1. The number of nitrogens with zero attached hydrogens (tertiary/aromatic N) is 1. The third-order valence-corrected chi connectivity index (χ3v) is 8.07. The number of hydrogen-bond acceptors (Lipinski definition) is 6. The molecule has 0 amide bonds. The molecule has 1 aliphatic rings. The van der Waals surface area contributed by atoms with Crippen LogP contribution in [0.4, 0.5) is 4.39 Å². The third-order valence-electron chi connectivity index (χ3n) is 4.22. The maximum atomic E-state index is 13.4. The Morgan fingerprint density at radius 1 is 1.13 bits per heavy atom. The topological polar surface area (TPSA) is 101 Å². The highest BCUT2D eigenvalue weighted by atomic mass is 32.2. The van der Waals surface area contributed by atoms with Crippen LogP contribution < -0.4 is 0 Å². The van der Waals surface area contributed by atoms with Crippen LogP contribution in [0.15, 0.2) is 68.1 Å². The lowest BCUT2D eigenvalue weighted by atomic mass is 9.94. The van der Waals surface area contributed by atoms with Crippen molar-refractivity contribution in [1.29, 1.82) is 0 Å². The molecule has 0 spiro atoms. The molecule has 1 N–H and O–H groups in total. The van der Waals surface area contributed by atoms with Gasteiger partial charge in [-0.15, -0.1) is 23.1 Å². The fourth-order valence-corrected chi connectivity index (χ4v) is 6.02. The van der Waals surface area contributed by atoms with Gasteiger partial charge in [-0.25, -0.2) is 4.39 Å². The highest BCUT2D eigenvalue weighted by Crippen LogP contribution is 2.33. The second-order valence-electron chi connectivity index (χ2n) is 6.26. The van der Waals surface area contributed by atoms with Crippen molar-refractivity contribution in [2.75, 3.05) is 5.75 Å². The van der Waals surface area contributed by atoms with E-state index in [9.17, 15) is 22.4 Å². The Morgan fingerprint density at radius 2 is 1.87 bits per heavy atom. The number of rotatable bonds is 5. The SMILES string of the molecule is O=C(O)CSC1=CC(=NS(=O)(=O)c2cc3ccc(F)cc3s2)c2ccccc2C1=O. The minimum Gasteiger partial charge on any atom is -0.481 e. The Balaban J connectivity index is 1.82. The van der Waals surface area contributed by atoms with Gasteiger partial charge in [-0.1, -0.05) is 30.3 Å². The summed E-state index contributed by atoms with van der Waals surface area (Å²) in [6, 6.07) is 11.8. The van der Waals surface area contributed by atoms with Crippen molar-refractivity contribution in [3.8, 4) is 0 Å². The number of fused-ring (bicyclic) bond motifs is 2. The molecule has 2 aromatic carbocycles. The number of benzene rings is 2. The number of Topliss-reactive ketones (excluding diaryl/α,β-unsaturated/α-hetero) is 1. The molecule has 1 aliphatic carbocycles. The van der Waals surface area contributed by atoms with Gasteiger partial charge in [-0.05, 0) is 29.7 Å². The average Bonchev–Trinajstić information content (AvgIpc) is 3.13. The number of halogens is 1. The van der Waals surface area contributed by atoms with Crippen molar-refractivity contribution in [2.24, 2.45) is 4.40 Å². The molecular weight excluding hydrogens is 449 g/mol. The maximum Gasteiger partial charge on any atom is 0.313 e. The van der Waals surface area contributed by atoms with Crippen LogP contribution in [0.2, 0.25) is 0 Å². The molecule has 0 atom stereocenters. The second kappa shape index (κ2) is 7.78. The molecule has 0 fully saturated rings. The van der Waals surface area contributed by atoms with E-state index >= 15 is 0 Å². The summed E-state index contributed by atoms with van der Waals surface area (Å²) in [6.45, 7) is 0. The van der Waals surface area contributed by atoms with E-state index in [1.807, 2.05) is 0 Å². The lowest BCUT2D eigenvalue weighted by Crippen LogP contribution is -2.18. The van der Waals surface area contributed by atoms with Crippen molar-refractivity contribution >= 4 is 60.7 Å². The molecule has 10 heteroatoms. The lowest BCUT2D eigenvalue weighted by Gasteiger charge is -2.16. The summed E-state index contributed by atoms with van der Waals surface area (Å²) in [7, 11) is -4.15. The molecule has 3 aromatic rings. The third kappa shape index (κ3) is 3.93. The molecule has 6 nitrogen and oxygen atoms in total. The Hall–Kier alpha value is -2.82. The van der Waals surface area contributed by atoms with Gasteiger partial charge < -0.3 is 5.11 Å². The molecule has 0 radical (unpaired) electrons. The zero-order valence-corrected chi connectivity index (χ0v) is 17.5. The molecule has 4 rings (SSSR count). The van der Waals surface area contributed by atoms with E-state index in [1.54, 1.807) is 18.2 Å². The molecule has 152 valence electrons. The van der Waals surface area contributed by atoms with Crippen LogP contribution in [0.1, 0.15) is 15.9 Å². The maximum absolute atomic E-state index is 13.4. The molecule has 30 heavy (non-hydrogen) atoms. The fourth-order valence-electron chi connectivity index (χ4n) is 2.91. The van der Waals surface area contributed by atoms with Crippen LogP contribution in [0.3, 0.4) is 0 Å². The summed E-state index contributed by atoms with van der Waals surface area (Å²) >= 11 is 1.70. The number of hydrogen-bond donors (Lipinski definition) is 1. The van der Waals surface area contributed by atoms with Gasteiger partial charge in [0.25, 0.3) is 10.0 Å². The number of ketones is 1. The van der Waals surface area contributed by atoms with Crippen molar-refractivity contribution in [3.05, 3.63) is 76.5 Å². The van der Waals surface area contributed by atoms with Gasteiger partial charge in [0.15, 0.2) is 5.78 Å². The molecule has 0 aliphatic heterocycles. The summed E-state index contributed by atoms with van der Waals surface area (Å²) in [5.74, 6) is -2.30. The van der Waals surface area contributed by atoms with Gasteiger partial charge in [-0.2, -0.15) is 12.8 Å². The molecule has 1 aromatic heterocycles. The Bertz CT molecular complexity index is 1370. The predicted molar refractivity (Wildman–Crippen MR) is 114 cm³/mol. The average molecular weight is 462 g/mol. The molecule has 1 heterocycles. The van der Waals surface area contributed by atoms with Crippen LogP contribution >= 0.6 is 23.1 Å². The van der Waals surface area contributed by atoms with E-state index < -0.39 is 21.8 Å². The van der Waals surface area contributed by atoms with Crippen LogP contribution in [0, 0.1) is 5.82 Å². The second-order valence-corrected chi connectivity index (χ2v) is 10.2. The van der Waals surface area contributed by atoms with E-state index in [1.165, 1.54) is 36.4 Å². The quantitative estimate of drug-likeness (QED) is 0.614. The lowest BCUT2D eigenvalue weighted by molar-refractivity contribution is -0.133. The largest absolute Gasteiger partial charge is 0.481 e. The summed E-state index contributed by atoms with van der Waals surface area (Å²) < 4.78 is 43.6. The normalized spacial score (nSPS) is 15.3. The highest BCUT2D eigenvalue weighted by molar-refractivity contribution is 8.04. The molecule has 0 bridgehead atoms. The number of aliphatic carboxylic acids is 1. The number of carboxylic acids is 1. The summed E-state index contributed by atoms with van der Waals surface area (Å²) in [5, 5.41) is 9.48. The predicted octanol–water partition coefficient (Wildman–Crippen LogP) is 4.12. The zero-order chi connectivity index (χ0) is 21.5. The summed E-state index contributed by atoms with van der Waals surface area (Å²) in [4.78, 5) is 23.6. The van der Waals surface area contributed by atoms with Crippen molar-refractivity contribution in [3.63, 3.8) is 0 Å². The van der Waals surface area contributed by atoms with E-state index in [0.29, 0.717) is 15.6 Å². The Morgan fingerprint density at radius 3 is 2.60 bits per heavy atom. The number of carboxylic acid groups (broad SMARTS) is 1. The van der Waals surface area contributed by atoms with E-state index in [-0.39, 0.29) is 31.9 Å². The minimum atomic E-state index is -4.15. The summed E-state index contributed by atoms with van der Waals surface area (Å²) in [5.41, 5.74) is 0.639. The van der Waals surface area contributed by atoms with E-state index in [4.69, 9.17) is 5.11 Å². The number of allylic oxidation sites excluding steroid dienone is 2. The van der Waals surface area contributed by atoms with Crippen molar-refractivity contribution in [1.82, 2.24) is 0 Å². The fraction of sp³-hybridized carbons (Fsp3) is 0.0500. The zero-order valence-electron chi connectivity index (χ0n) is 15.0. The van der Waals surface area contributed by atoms with Gasteiger partial charge in [0.2, 0.25) is 0 Å². The van der Waals surface area contributed by atoms with Gasteiger partial charge >= 0.3 is 5.97 Å². The van der Waals surface area contributed by atoms with E-state index in [2.05, 4.69) is 4.40 Å².